The summed E-state index contributed by atoms with van der Waals surface area (Å²) in [7, 11) is 0. The van der Waals surface area contributed by atoms with Crippen molar-refractivity contribution >= 4 is 17.7 Å². The molecule has 3 rings (SSSR count). The van der Waals surface area contributed by atoms with Gasteiger partial charge in [0.25, 0.3) is 5.95 Å². The van der Waals surface area contributed by atoms with E-state index in [2.05, 4.69) is 30.6 Å². The largest absolute Gasteiger partial charge is 0.461 e. The van der Waals surface area contributed by atoms with Gasteiger partial charge in [-0.3, -0.25) is 10.4 Å². The number of nitrogens with zero attached hydrogens (tertiary/aromatic N) is 2. The minimum atomic E-state index is -4.60. The van der Waals surface area contributed by atoms with Crippen LogP contribution in [0.4, 0.5) is 34.0 Å². The molecule has 146 valence electrons. The van der Waals surface area contributed by atoms with E-state index in [4.69, 9.17) is 0 Å². The molecule has 1 aromatic heterocycles. The number of hydrogen-bond acceptors (Lipinski definition) is 4. The summed E-state index contributed by atoms with van der Waals surface area (Å²) in [6.07, 6.45) is -8.56. The molecule has 0 saturated carbocycles. The number of halogens is 4. The third-order valence-electron chi connectivity index (χ3n) is 3.38. The smallest absolute Gasteiger partial charge is 0.428 e. The van der Waals surface area contributed by atoms with Crippen molar-refractivity contribution in [2.75, 3.05) is 10.6 Å². The Morgan fingerprint density at radius 1 is 1.04 bits per heavy atom. The zero-order valence-corrected chi connectivity index (χ0v) is 14.0. The van der Waals surface area contributed by atoms with Gasteiger partial charge < -0.3 is 10.1 Å². The number of ether oxygens (including phenoxy) is 1. The van der Waals surface area contributed by atoms with Gasteiger partial charge in [-0.25, -0.2) is 4.79 Å². The van der Waals surface area contributed by atoms with E-state index in [9.17, 15) is 22.4 Å². The maximum Gasteiger partial charge on any atom is 0.461 e. The highest BCUT2D eigenvalue weighted by Crippen LogP contribution is 2.28. The lowest BCUT2D eigenvalue weighted by Crippen LogP contribution is -2.33. The van der Waals surface area contributed by atoms with E-state index in [0.717, 1.165) is 17.7 Å². The average Bonchev–Trinajstić information content (AvgIpc) is 3.12. The van der Waals surface area contributed by atoms with Crippen LogP contribution in [-0.2, 0) is 0 Å². The Morgan fingerprint density at radius 3 is 2.36 bits per heavy atom. The van der Waals surface area contributed by atoms with Crippen LogP contribution in [-0.4, -0.2) is 33.7 Å². The Balaban J connectivity index is 1.57. The predicted molar refractivity (Wildman–Crippen MR) is 92.5 cm³/mol. The summed E-state index contributed by atoms with van der Waals surface area (Å²) >= 11 is 0. The third-order valence-corrected chi connectivity index (χ3v) is 3.38. The predicted octanol–water partition coefficient (Wildman–Crippen LogP) is 4.35. The van der Waals surface area contributed by atoms with E-state index in [1.165, 1.54) is 12.1 Å². The first-order valence-electron chi connectivity index (χ1n) is 7.84. The van der Waals surface area contributed by atoms with Crippen LogP contribution in [0.3, 0.4) is 0 Å². The molecular weight excluding hydrogens is 382 g/mol. The fourth-order valence-corrected chi connectivity index (χ4v) is 2.11. The summed E-state index contributed by atoms with van der Waals surface area (Å²) in [5.41, 5.74) is 0.990. The summed E-state index contributed by atoms with van der Waals surface area (Å²) in [5, 5.41) is 11.4. The summed E-state index contributed by atoms with van der Waals surface area (Å²) in [6, 6.07) is 12.9. The molecular formula is C17H13F4N5O2. The number of urea groups is 1. The first kappa shape index (κ1) is 19.1. The number of nitrogens with one attached hydrogen (secondary N) is 3. The number of aromatic nitrogens is 3. The molecule has 0 fully saturated rings. The average molecular weight is 395 g/mol. The number of carbonyl (C=O) groups is 1. The number of rotatable bonds is 6. The molecule has 2 amide bonds. The highest BCUT2D eigenvalue weighted by molar-refractivity contribution is 5.98. The van der Waals surface area contributed by atoms with Gasteiger partial charge in [0.1, 0.15) is 5.75 Å². The van der Waals surface area contributed by atoms with Gasteiger partial charge in [-0.15, -0.1) is 5.10 Å². The highest BCUT2D eigenvalue weighted by atomic mass is 19.3. The van der Waals surface area contributed by atoms with Crippen LogP contribution in [0.2, 0.25) is 0 Å². The Bertz CT molecular complexity index is 932. The van der Waals surface area contributed by atoms with Gasteiger partial charge in [0, 0.05) is 11.3 Å². The standard InChI is InChI=1S/C17H13F4N5O2/c18-14(19)17(20,21)28-12-8-6-11(7-9-12)22-16(27)24-15-23-13(25-26-15)10-4-2-1-3-5-10/h1-9,14H,(H3,22,23,24,25,26,27). The molecule has 7 nitrogen and oxygen atoms in total. The van der Waals surface area contributed by atoms with Crippen molar-refractivity contribution < 1.29 is 27.1 Å². The summed E-state index contributed by atoms with van der Waals surface area (Å²) in [4.78, 5) is 16.1. The lowest BCUT2D eigenvalue weighted by molar-refractivity contribution is -0.253. The molecule has 0 saturated heterocycles. The number of carbonyl (C=O) groups excluding carboxylic acids is 1. The van der Waals surface area contributed by atoms with E-state index in [-0.39, 0.29) is 11.6 Å². The summed E-state index contributed by atoms with van der Waals surface area (Å²) < 4.78 is 53.8. The molecule has 0 bridgehead atoms. The quantitative estimate of drug-likeness (QED) is 0.541. The summed E-state index contributed by atoms with van der Waals surface area (Å²) in [5.74, 6) is 0.00275. The minimum absolute atomic E-state index is 0.0212. The molecule has 0 aliphatic carbocycles. The van der Waals surface area contributed by atoms with Crippen LogP contribution < -0.4 is 15.4 Å². The molecule has 0 aliphatic rings. The lowest BCUT2D eigenvalue weighted by Gasteiger charge is -2.16. The van der Waals surface area contributed by atoms with Crippen molar-refractivity contribution in [2.45, 2.75) is 12.5 Å². The topological polar surface area (TPSA) is 91.9 Å². The second-order valence-electron chi connectivity index (χ2n) is 5.44. The highest BCUT2D eigenvalue weighted by Gasteiger charge is 2.43. The van der Waals surface area contributed by atoms with Gasteiger partial charge in [0.05, 0.1) is 0 Å². The van der Waals surface area contributed by atoms with Crippen molar-refractivity contribution in [1.29, 1.82) is 0 Å². The van der Waals surface area contributed by atoms with E-state index < -0.39 is 24.3 Å². The number of alkyl halides is 4. The third kappa shape index (κ3) is 4.75. The van der Waals surface area contributed by atoms with E-state index >= 15 is 0 Å². The normalized spacial score (nSPS) is 11.3. The van der Waals surface area contributed by atoms with E-state index in [0.29, 0.717) is 5.82 Å². The first-order chi connectivity index (χ1) is 13.3. The van der Waals surface area contributed by atoms with Gasteiger partial charge >= 0.3 is 18.6 Å². The van der Waals surface area contributed by atoms with Crippen LogP contribution >= 0.6 is 0 Å². The number of hydrogen-bond donors (Lipinski definition) is 3. The molecule has 1 heterocycles. The monoisotopic (exact) mass is 395 g/mol. The van der Waals surface area contributed by atoms with Crippen molar-refractivity contribution in [3.8, 4) is 17.1 Å². The number of H-pyrrole nitrogens is 1. The molecule has 0 atom stereocenters. The molecule has 28 heavy (non-hydrogen) atoms. The Hall–Kier alpha value is -3.63. The van der Waals surface area contributed by atoms with Crippen LogP contribution in [0.15, 0.2) is 54.6 Å². The molecule has 0 spiro atoms. The maximum absolute atomic E-state index is 12.8. The van der Waals surface area contributed by atoms with Crippen LogP contribution in [0.1, 0.15) is 0 Å². The number of aromatic amines is 1. The molecule has 0 aliphatic heterocycles. The van der Waals surface area contributed by atoms with Crippen molar-refractivity contribution in [3.63, 3.8) is 0 Å². The fraction of sp³-hybridized carbons (Fsp3) is 0.118. The second-order valence-corrected chi connectivity index (χ2v) is 5.44. The van der Waals surface area contributed by atoms with Gasteiger partial charge in [0.2, 0.25) is 0 Å². The van der Waals surface area contributed by atoms with Crippen molar-refractivity contribution in [1.82, 2.24) is 15.2 Å². The number of amides is 2. The Morgan fingerprint density at radius 2 is 1.71 bits per heavy atom. The molecule has 3 N–H and O–H groups in total. The van der Waals surface area contributed by atoms with E-state index in [1.54, 1.807) is 0 Å². The van der Waals surface area contributed by atoms with Crippen LogP contribution in [0, 0.1) is 0 Å². The summed E-state index contributed by atoms with van der Waals surface area (Å²) in [6.45, 7) is 0. The second kappa shape index (κ2) is 7.94. The Kier molecular flexibility index (Phi) is 5.43. The van der Waals surface area contributed by atoms with E-state index in [1.807, 2.05) is 30.3 Å². The fourth-order valence-electron chi connectivity index (χ4n) is 2.11. The maximum atomic E-state index is 12.8. The van der Waals surface area contributed by atoms with Crippen molar-refractivity contribution in [3.05, 3.63) is 54.6 Å². The zero-order chi connectivity index (χ0) is 20.1. The minimum Gasteiger partial charge on any atom is -0.428 e. The van der Waals surface area contributed by atoms with Gasteiger partial charge in [-0.1, -0.05) is 30.3 Å². The lowest BCUT2D eigenvalue weighted by atomic mass is 10.2. The molecule has 0 unspecified atom stereocenters. The Labute approximate surface area is 155 Å². The first-order valence-corrected chi connectivity index (χ1v) is 7.84. The molecule has 11 heteroatoms. The zero-order valence-electron chi connectivity index (χ0n) is 14.0. The number of benzene rings is 2. The van der Waals surface area contributed by atoms with Gasteiger partial charge in [0.15, 0.2) is 5.82 Å². The number of anilines is 2. The molecule has 2 aromatic carbocycles. The van der Waals surface area contributed by atoms with Gasteiger partial charge in [-0.2, -0.15) is 22.5 Å². The van der Waals surface area contributed by atoms with Crippen LogP contribution in [0.25, 0.3) is 11.4 Å². The SMILES string of the molecule is O=C(Nc1ccc(OC(F)(F)C(F)F)cc1)Nc1n[nH]c(-c2ccccc2)n1. The molecule has 0 radical (unpaired) electrons. The molecule has 3 aromatic rings. The van der Waals surface area contributed by atoms with Crippen LogP contribution in [0.5, 0.6) is 5.75 Å². The van der Waals surface area contributed by atoms with Crippen molar-refractivity contribution in [2.24, 2.45) is 0 Å². The van der Waals surface area contributed by atoms with Gasteiger partial charge in [-0.05, 0) is 24.3 Å².